The molecule has 1 aromatic heterocycles. The maximum atomic E-state index is 5.97. The number of aromatic nitrogens is 1. The summed E-state index contributed by atoms with van der Waals surface area (Å²) in [5.74, 6) is 0. The lowest BCUT2D eigenvalue weighted by Gasteiger charge is -2.07. The minimum Gasteiger partial charge on any atom is -0.396 e. The van der Waals surface area contributed by atoms with Crippen LogP contribution in [0.15, 0.2) is 17.5 Å². The number of benzene rings is 1. The van der Waals surface area contributed by atoms with Crippen molar-refractivity contribution in [1.29, 1.82) is 0 Å². The third kappa shape index (κ3) is 3.36. The molecule has 2 aromatic rings. The number of hydrogen-bond donors (Lipinski definition) is 2. The van der Waals surface area contributed by atoms with Gasteiger partial charge in [0.25, 0.3) is 0 Å². The second-order valence-electron chi connectivity index (χ2n) is 3.96. The Morgan fingerprint density at radius 3 is 2.50 bits per heavy atom. The molecule has 1 heterocycles. The Bertz CT molecular complexity index is 531. The first kappa shape index (κ1) is 13.6. The molecule has 0 aliphatic rings. The van der Waals surface area contributed by atoms with E-state index in [2.05, 4.69) is 10.3 Å². The number of nitrogen functional groups attached to an aromatic ring is 1. The van der Waals surface area contributed by atoms with Crippen molar-refractivity contribution in [2.75, 3.05) is 5.73 Å². The highest BCUT2D eigenvalue weighted by Crippen LogP contribution is 2.28. The molecule has 0 saturated carbocycles. The van der Waals surface area contributed by atoms with Gasteiger partial charge in [0.05, 0.1) is 15.7 Å². The molecule has 96 valence electrons. The lowest BCUT2D eigenvalue weighted by molar-refractivity contribution is 0.689. The monoisotopic (exact) mass is 301 g/mol. The van der Waals surface area contributed by atoms with Crippen LogP contribution in [0.25, 0.3) is 0 Å². The van der Waals surface area contributed by atoms with Crippen molar-refractivity contribution >= 4 is 40.2 Å². The summed E-state index contributed by atoms with van der Waals surface area (Å²) in [5.41, 5.74) is 8.17. The summed E-state index contributed by atoms with van der Waals surface area (Å²) in [6.07, 6.45) is 0. The SMILES string of the molecule is Cc1csc(CNCc2cc(Cl)c(N)c(Cl)c2)n1. The van der Waals surface area contributed by atoms with Gasteiger partial charge in [-0.3, -0.25) is 0 Å². The second-order valence-corrected chi connectivity index (χ2v) is 5.72. The number of nitrogens with zero attached hydrogens (tertiary/aromatic N) is 1. The smallest absolute Gasteiger partial charge is 0.107 e. The molecule has 0 bridgehead atoms. The molecule has 1 aromatic carbocycles. The molecule has 0 fully saturated rings. The van der Waals surface area contributed by atoms with Crippen LogP contribution >= 0.6 is 34.5 Å². The normalized spacial score (nSPS) is 10.8. The van der Waals surface area contributed by atoms with E-state index in [0.29, 0.717) is 22.3 Å². The number of hydrogen-bond acceptors (Lipinski definition) is 4. The van der Waals surface area contributed by atoms with Crippen LogP contribution in [0.2, 0.25) is 10.0 Å². The lowest BCUT2D eigenvalue weighted by atomic mass is 10.2. The Balaban J connectivity index is 1.94. The Hall–Kier alpha value is -0.810. The number of rotatable bonds is 4. The minimum absolute atomic E-state index is 0.428. The number of nitrogens with two attached hydrogens (primary N) is 1. The molecular weight excluding hydrogens is 289 g/mol. The lowest BCUT2D eigenvalue weighted by Crippen LogP contribution is -2.12. The first-order chi connectivity index (χ1) is 8.56. The average Bonchev–Trinajstić information content (AvgIpc) is 2.72. The van der Waals surface area contributed by atoms with E-state index in [4.69, 9.17) is 28.9 Å². The summed E-state index contributed by atoms with van der Waals surface area (Å²) in [7, 11) is 0. The van der Waals surface area contributed by atoms with Gasteiger partial charge in [-0.15, -0.1) is 11.3 Å². The molecule has 3 nitrogen and oxygen atoms in total. The Morgan fingerprint density at radius 1 is 1.28 bits per heavy atom. The number of thiazole rings is 1. The molecule has 0 atom stereocenters. The van der Waals surface area contributed by atoms with Crippen molar-refractivity contribution < 1.29 is 0 Å². The van der Waals surface area contributed by atoms with Crippen molar-refractivity contribution in [2.45, 2.75) is 20.0 Å². The molecular formula is C12H13Cl2N3S. The van der Waals surface area contributed by atoms with Crippen LogP contribution in [-0.4, -0.2) is 4.98 Å². The van der Waals surface area contributed by atoms with Crippen molar-refractivity contribution in [1.82, 2.24) is 10.3 Å². The summed E-state index contributed by atoms with van der Waals surface area (Å²) in [6.45, 7) is 3.40. The second kappa shape index (κ2) is 5.89. The summed E-state index contributed by atoms with van der Waals surface area (Å²) in [6, 6.07) is 3.64. The Labute approximate surface area is 120 Å². The van der Waals surface area contributed by atoms with E-state index >= 15 is 0 Å². The van der Waals surface area contributed by atoms with Gasteiger partial charge in [0.2, 0.25) is 0 Å². The third-order valence-corrected chi connectivity index (χ3v) is 4.00. The van der Waals surface area contributed by atoms with E-state index in [-0.39, 0.29) is 0 Å². The van der Waals surface area contributed by atoms with Gasteiger partial charge < -0.3 is 11.1 Å². The average molecular weight is 302 g/mol. The first-order valence-electron chi connectivity index (χ1n) is 5.41. The number of anilines is 1. The topological polar surface area (TPSA) is 50.9 Å². The zero-order valence-electron chi connectivity index (χ0n) is 9.84. The molecule has 2 rings (SSSR count). The minimum atomic E-state index is 0.428. The predicted molar refractivity (Wildman–Crippen MR) is 78.3 cm³/mol. The van der Waals surface area contributed by atoms with Gasteiger partial charge in [-0.2, -0.15) is 0 Å². The van der Waals surface area contributed by atoms with Crippen molar-refractivity contribution in [2.24, 2.45) is 0 Å². The molecule has 18 heavy (non-hydrogen) atoms. The van der Waals surface area contributed by atoms with Crippen LogP contribution in [0.5, 0.6) is 0 Å². The maximum absolute atomic E-state index is 5.97. The molecule has 0 unspecified atom stereocenters. The van der Waals surface area contributed by atoms with Gasteiger partial charge in [0, 0.05) is 24.2 Å². The van der Waals surface area contributed by atoms with Crippen LogP contribution in [0.4, 0.5) is 5.69 Å². The highest BCUT2D eigenvalue weighted by molar-refractivity contribution is 7.09. The van der Waals surface area contributed by atoms with Crippen molar-refractivity contribution in [3.63, 3.8) is 0 Å². The molecule has 0 amide bonds. The van der Waals surface area contributed by atoms with Gasteiger partial charge in [0.1, 0.15) is 5.01 Å². The number of halogens is 2. The van der Waals surface area contributed by atoms with E-state index in [1.165, 1.54) is 0 Å². The van der Waals surface area contributed by atoms with Crippen LogP contribution < -0.4 is 11.1 Å². The summed E-state index contributed by atoms with van der Waals surface area (Å²) >= 11 is 13.6. The molecule has 3 N–H and O–H groups in total. The zero-order valence-corrected chi connectivity index (χ0v) is 12.2. The molecule has 0 aliphatic heterocycles. The molecule has 0 radical (unpaired) electrons. The molecule has 0 spiro atoms. The molecule has 6 heteroatoms. The summed E-state index contributed by atoms with van der Waals surface area (Å²) in [4.78, 5) is 4.37. The van der Waals surface area contributed by atoms with Crippen molar-refractivity contribution in [3.8, 4) is 0 Å². The van der Waals surface area contributed by atoms with Crippen LogP contribution in [0, 0.1) is 6.92 Å². The predicted octanol–water partition coefficient (Wildman–Crippen LogP) is 3.63. The van der Waals surface area contributed by atoms with Crippen molar-refractivity contribution in [3.05, 3.63) is 43.8 Å². The van der Waals surface area contributed by atoms with Crippen LogP contribution in [-0.2, 0) is 13.1 Å². The van der Waals surface area contributed by atoms with Gasteiger partial charge in [0.15, 0.2) is 0 Å². The molecule has 0 saturated heterocycles. The quantitative estimate of drug-likeness (QED) is 0.848. The fourth-order valence-corrected chi connectivity index (χ4v) is 2.81. The highest BCUT2D eigenvalue weighted by atomic mass is 35.5. The fraction of sp³-hybridized carbons (Fsp3) is 0.250. The zero-order chi connectivity index (χ0) is 13.1. The fourth-order valence-electron chi connectivity index (χ4n) is 1.54. The van der Waals surface area contributed by atoms with E-state index in [9.17, 15) is 0 Å². The highest BCUT2D eigenvalue weighted by Gasteiger charge is 2.05. The van der Waals surface area contributed by atoms with Crippen LogP contribution in [0.1, 0.15) is 16.3 Å². The van der Waals surface area contributed by atoms with E-state index in [1.807, 2.05) is 24.4 Å². The van der Waals surface area contributed by atoms with E-state index < -0.39 is 0 Å². The number of nitrogens with one attached hydrogen (secondary N) is 1. The number of aryl methyl sites for hydroxylation is 1. The largest absolute Gasteiger partial charge is 0.396 e. The molecule has 0 aliphatic carbocycles. The van der Waals surface area contributed by atoms with Gasteiger partial charge in [-0.1, -0.05) is 23.2 Å². The van der Waals surface area contributed by atoms with E-state index in [1.54, 1.807) is 11.3 Å². The maximum Gasteiger partial charge on any atom is 0.107 e. The van der Waals surface area contributed by atoms with E-state index in [0.717, 1.165) is 22.8 Å². The Morgan fingerprint density at radius 2 is 1.94 bits per heavy atom. The first-order valence-corrected chi connectivity index (χ1v) is 7.05. The summed E-state index contributed by atoms with van der Waals surface area (Å²) in [5, 5.41) is 7.38. The Kier molecular flexibility index (Phi) is 4.45. The van der Waals surface area contributed by atoms with Crippen LogP contribution in [0.3, 0.4) is 0 Å². The third-order valence-electron chi connectivity index (χ3n) is 2.41. The standard InChI is InChI=1S/C12H13Cl2N3S/c1-7-6-18-11(17-7)5-16-4-8-2-9(13)12(15)10(14)3-8/h2-3,6,16H,4-5,15H2,1H3. The van der Waals surface area contributed by atoms with Gasteiger partial charge in [-0.05, 0) is 24.6 Å². The van der Waals surface area contributed by atoms with Gasteiger partial charge >= 0.3 is 0 Å². The van der Waals surface area contributed by atoms with Gasteiger partial charge in [-0.25, -0.2) is 4.98 Å². The summed E-state index contributed by atoms with van der Waals surface area (Å²) < 4.78 is 0.